The summed E-state index contributed by atoms with van der Waals surface area (Å²) in [6, 6.07) is 28.1. The third-order valence-corrected chi connectivity index (χ3v) is 7.86. The van der Waals surface area contributed by atoms with E-state index in [0.717, 1.165) is 43.2 Å². The van der Waals surface area contributed by atoms with Crippen molar-refractivity contribution in [3.8, 4) is 0 Å². The molecule has 0 saturated carbocycles. The lowest BCUT2D eigenvalue weighted by Crippen LogP contribution is -2.36. The number of nitrogens with one attached hydrogen (secondary N) is 1. The molecule has 5 rings (SSSR count). The number of fused-ring (bicyclic) bond motifs is 1. The molecule has 1 aromatic heterocycles. The van der Waals surface area contributed by atoms with Crippen molar-refractivity contribution in [2.45, 2.75) is 40.7 Å². The molecule has 0 fully saturated rings. The molecule has 206 valence electrons. The van der Waals surface area contributed by atoms with Gasteiger partial charge >= 0.3 is 0 Å². The molecule has 5 heteroatoms. The van der Waals surface area contributed by atoms with Gasteiger partial charge in [0, 0.05) is 48.5 Å². The van der Waals surface area contributed by atoms with E-state index in [1.165, 1.54) is 33.5 Å². The van der Waals surface area contributed by atoms with Gasteiger partial charge in [-0.1, -0.05) is 54.6 Å². The van der Waals surface area contributed by atoms with Crippen LogP contribution >= 0.6 is 0 Å². The highest BCUT2D eigenvalue weighted by Gasteiger charge is 2.29. The van der Waals surface area contributed by atoms with Crippen molar-refractivity contribution in [3.05, 3.63) is 113 Å². The van der Waals surface area contributed by atoms with E-state index in [4.69, 9.17) is 4.98 Å². The summed E-state index contributed by atoms with van der Waals surface area (Å²) < 4.78 is 0. The SMILES string of the molecule is CCN(CC)c1ccc(C=CC2=CC(c3ccccc3N(CC)CC)N(c3cc(C)c4ccccc4n3)N2)cc1. The molecule has 0 spiro atoms. The number of anilines is 3. The van der Waals surface area contributed by atoms with Crippen molar-refractivity contribution >= 4 is 34.2 Å². The first-order valence-electron chi connectivity index (χ1n) is 14.6. The number of para-hydroxylation sites is 2. The van der Waals surface area contributed by atoms with Gasteiger partial charge in [-0.25, -0.2) is 4.98 Å². The Morgan fingerprint density at radius 1 is 0.800 bits per heavy atom. The van der Waals surface area contributed by atoms with Gasteiger partial charge in [-0.15, -0.1) is 0 Å². The number of allylic oxidation sites excluding steroid dienone is 1. The van der Waals surface area contributed by atoms with Crippen LogP contribution in [0.1, 0.15) is 50.4 Å². The number of hydrogen-bond donors (Lipinski definition) is 1. The minimum Gasteiger partial charge on any atom is -0.372 e. The average Bonchev–Trinajstić information content (AvgIpc) is 3.42. The number of rotatable bonds is 10. The number of benzene rings is 3. The predicted octanol–water partition coefficient (Wildman–Crippen LogP) is 7.90. The molecule has 1 N–H and O–H groups in total. The lowest BCUT2D eigenvalue weighted by atomic mass is 10.0. The lowest BCUT2D eigenvalue weighted by molar-refractivity contribution is 0.694. The fourth-order valence-electron chi connectivity index (χ4n) is 5.63. The van der Waals surface area contributed by atoms with Gasteiger partial charge in [0.05, 0.1) is 17.3 Å². The van der Waals surface area contributed by atoms with Crippen LogP contribution in [0.4, 0.5) is 17.2 Å². The van der Waals surface area contributed by atoms with Gasteiger partial charge in [-0.2, -0.15) is 0 Å². The van der Waals surface area contributed by atoms with Crippen molar-refractivity contribution in [2.24, 2.45) is 0 Å². The first kappa shape index (κ1) is 27.3. The van der Waals surface area contributed by atoms with Crippen LogP contribution in [-0.2, 0) is 0 Å². The van der Waals surface area contributed by atoms with Gasteiger partial charge in [0.1, 0.15) is 5.82 Å². The molecule has 4 aromatic rings. The Balaban J connectivity index is 1.52. The van der Waals surface area contributed by atoms with Crippen LogP contribution in [0.3, 0.4) is 0 Å². The molecule has 3 aromatic carbocycles. The summed E-state index contributed by atoms with van der Waals surface area (Å²) in [4.78, 5) is 9.88. The third kappa shape index (κ3) is 5.55. The number of nitrogens with zero attached hydrogens (tertiary/aromatic N) is 4. The summed E-state index contributed by atoms with van der Waals surface area (Å²) in [6.45, 7) is 14.9. The zero-order valence-corrected chi connectivity index (χ0v) is 24.4. The van der Waals surface area contributed by atoms with Crippen molar-refractivity contribution in [1.29, 1.82) is 0 Å². The Bertz CT molecular complexity index is 1500. The smallest absolute Gasteiger partial charge is 0.148 e. The van der Waals surface area contributed by atoms with Gasteiger partial charge < -0.3 is 9.80 Å². The van der Waals surface area contributed by atoms with E-state index >= 15 is 0 Å². The maximum atomic E-state index is 5.09. The van der Waals surface area contributed by atoms with Gasteiger partial charge in [-0.3, -0.25) is 10.4 Å². The average molecular weight is 532 g/mol. The highest BCUT2D eigenvalue weighted by Crippen LogP contribution is 2.37. The summed E-state index contributed by atoms with van der Waals surface area (Å²) >= 11 is 0. The molecule has 0 aliphatic carbocycles. The molecular formula is C35H41N5. The zero-order chi connectivity index (χ0) is 28.1. The Morgan fingerprint density at radius 2 is 1.48 bits per heavy atom. The van der Waals surface area contributed by atoms with Gasteiger partial charge in [-0.05, 0) is 88.2 Å². The van der Waals surface area contributed by atoms with E-state index in [1.807, 2.05) is 0 Å². The van der Waals surface area contributed by atoms with Crippen molar-refractivity contribution < 1.29 is 0 Å². The van der Waals surface area contributed by atoms with Crippen molar-refractivity contribution in [1.82, 2.24) is 10.4 Å². The maximum Gasteiger partial charge on any atom is 0.148 e. The van der Waals surface area contributed by atoms with E-state index in [-0.39, 0.29) is 6.04 Å². The quantitative estimate of drug-likeness (QED) is 0.225. The second-order valence-electron chi connectivity index (χ2n) is 10.2. The fraction of sp³-hybridized carbons (Fsp3) is 0.286. The molecule has 0 bridgehead atoms. The van der Waals surface area contributed by atoms with Crippen LogP contribution in [0, 0.1) is 6.92 Å². The lowest BCUT2D eigenvalue weighted by Gasteiger charge is -2.31. The van der Waals surface area contributed by atoms with Crippen LogP contribution < -0.4 is 20.2 Å². The largest absolute Gasteiger partial charge is 0.372 e. The summed E-state index contributed by atoms with van der Waals surface area (Å²) in [7, 11) is 0. The molecule has 40 heavy (non-hydrogen) atoms. The summed E-state index contributed by atoms with van der Waals surface area (Å²) in [6.07, 6.45) is 6.67. The van der Waals surface area contributed by atoms with Crippen LogP contribution in [0.2, 0.25) is 0 Å². The van der Waals surface area contributed by atoms with Crippen LogP contribution in [0.15, 0.2) is 96.7 Å². The number of aromatic nitrogens is 1. The van der Waals surface area contributed by atoms with Gasteiger partial charge in [0.25, 0.3) is 0 Å². The third-order valence-electron chi connectivity index (χ3n) is 7.86. The first-order chi connectivity index (χ1) is 19.6. The minimum absolute atomic E-state index is 0.00504. The van der Waals surface area contributed by atoms with Crippen LogP contribution in [0.25, 0.3) is 17.0 Å². The number of hydrazine groups is 1. The second kappa shape index (κ2) is 12.3. The van der Waals surface area contributed by atoms with E-state index < -0.39 is 0 Å². The van der Waals surface area contributed by atoms with E-state index in [0.29, 0.717) is 0 Å². The molecular weight excluding hydrogens is 490 g/mol. The Morgan fingerprint density at radius 3 is 2.20 bits per heavy atom. The second-order valence-corrected chi connectivity index (χ2v) is 10.2. The normalized spacial score (nSPS) is 15.0. The highest BCUT2D eigenvalue weighted by molar-refractivity contribution is 5.84. The summed E-state index contributed by atoms with van der Waals surface area (Å²) in [5.74, 6) is 0.916. The number of aryl methyl sites for hydroxylation is 1. The van der Waals surface area contributed by atoms with Crippen LogP contribution in [0.5, 0.6) is 0 Å². The minimum atomic E-state index is -0.00504. The first-order valence-corrected chi connectivity index (χ1v) is 14.6. The maximum absolute atomic E-state index is 5.09. The Hall–Kier alpha value is -4.25. The molecule has 1 aliphatic rings. The molecule has 2 heterocycles. The zero-order valence-electron chi connectivity index (χ0n) is 24.4. The van der Waals surface area contributed by atoms with Crippen molar-refractivity contribution in [2.75, 3.05) is 41.0 Å². The molecule has 1 atom stereocenters. The van der Waals surface area contributed by atoms with E-state index in [1.54, 1.807) is 0 Å². The van der Waals surface area contributed by atoms with Crippen LogP contribution in [-0.4, -0.2) is 31.2 Å². The number of pyridine rings is 1. The van der Waals surface area contributed by atoms with Gasteiger partial charge in [0.15, 0.2) is 0 Å². The number of hydrogen-bond acceptors (Lipinski definition) is 5. The molecule has 1 aliphatic heterocycles. The predicted molar refractivity (Wildman–Crippen MR) is 172 cm³/mol. The molecule has 0 saturated heterocycles. The Labute approximate surface area is 239 Å². The van der Waals surface area contributed by atoms with Gasteiger partial charge in [0.2, 0.25) is 0 Å². The molecule has 5 nitrogen and oxygen atoms in total. The van der Waals surface area contributed by atoms with E-state index in [2.05, 4.69) is 152 Å². The molecule has 1 unspecified atom stereocenters. The summed E-state index contributed by atoms with van der Waals surface area (Å²) in [5.41, 5.74) is 11.9. The topological polar surface area (TPSA) is 34.6 Å². The monoisotopic (exact) mass is 531 g/mol. The Kier molecular flexibility index (Phi) is 8.40. The standard InChI is InChI=1S/C35H41N5/c1-6-38(7-2)29-22-19-27(20-23-29)18-21-28-25-34(31-15-11-13-17-33(31)39(8-3)9-4)40(37-28)35-24-26(5)30-14-10-12-16-32(30)36-35/h10-25,34,37H,6-9H2,1-5H3. The fourth-order valence-corrected chi connectivity index (χ4v) is 5.63. The molecule has 0 radical (unpaired) electrons. The van der Waals surface area contributed by atoms with E-state index in [9.17, 15) is 0 Å². The summed E-state index contributed by atoms with van der Waals surface area (Å²) in [5, 5.41) is 3.40. The highest BCUT2D eigenvalue weighted by atomic mass is 15.6. The van der Waals surface area contributed by atoms with Crippen molar-refractivity contribution in [3.63, 3.8) is 0 Å². The molecule has 0 amide bonds.